The lowest BCUT2D eigenvalue weighted by Crippen LogP contribution is -2.38. The summed E-state index contributed by atoms with van der Waals surface area (Å²) in [7, 11) is 0. The molecule has 0 saturated carbocycles. The van der Waals surface area contributed by atoms with E-state index >= 15 is 0 Å². The van der Waals surface area contributed by atoms with Gasteiger partial charge in [-0.1, -0.05) is 23.7 Å². The minimum atomic E-state index is -0.0110. The normalized spacial score (nSPS) is 14.1. The SMILES string of the molecule is N#Cc1cnc2ccc(Cl)cc2c1NCc1cccc(NC(=O)CCN2CCOCC2)c1. The van der Waals surface area contributed by atoms with E-state index < -0.39 is 0 Å². The number of fused-ring (bicyclic) bond motifs is 1. The zero-order chi connectivity index (χ0) is 22.3. The Kier molecular flexibility index (Phi) is 7.17. The van der Waals surface area contributed by atoms with Crippen LogP contribution in [0, 0.1) is 11.3 Å². The summed E-state index contributed by atoms with van der Waals surface area (Å²) in [6.45, 7) is 4.40. The van der Waals surface area contributed by atoms with Gasteiger partial charge in [0.2, 0.25) is 5.91 Å². The first-order valence-corrected chi connectivity index (χ1v) is 10.9. The summed E-state index contributed by atoms with van der Waals surface area (Å²) in [6, 6.07) is 15.3. The number of ether oxygens (including phenoxy) is 1. The number of benzene rings is 2. The highest BCUT2D eigenvalue weighted by atomic mass is 35.5. The van der Waals surface area contributed by atoms with Gasteiger partial charge >= 0.3 is 0 Å². The van der Waals surface area contributed by atoms with Gasteiger partial charge in [0, 0.05) is 54.9 Å². The van der Waals surface area contributed by atoms with Crippen molar-refractivity contribution in [2.45, 2.75) is 13.0 Å². The van der Waals surface area contributed by atoms with E-state index in [1.165, 1.54) is 0 Å². The maximum atomic E-state index is 12.4. The molecule has 32 heavy (non-hydrogen) atoms. The molecule has 1 amide bonds. The van der Waals surface area contributed by atoms with Gasteiger partial charge in [-0.2, -0.15) is 5.26 Å². The average molecular weight is 450 g/mol. The van der Waals surface area contributed by atoms with Crippen molar-refractivity contribution in [1.82, 2.24) is 9.88 Å². The largest absolute Gasteiger partial charge is 0.379 e. The molecule has 3 aromatic rings. The second-order valence-electron chi connectivity index (χ2n) is 7.63. The summed E-state index contributed by atoms with van der Waals surface area (Å²) in [6.07, 6.45) is 2.00. The number of anilines is 2. The van der Waals surface area contributed by atoms with Gasteiger partial charge in [-0.15, -0.1) is 0 Å². The Labute approximate surface area is 191 Å². The Morgan fingerprint density at radius 2 is 2.06 bits per heavy atom. The van der Waals surface area contributed by atoms with Crippen LogP contribution in [0.25, 0.3) is 10.9 Å². The van der Waals surface area contributed by atoms with Gasteiger partial charge in [-0.3, -0.25) is 14.7 Å². The van der Waals surface area contributed by atoms with Gasteiger partial charge in [-0.25, -0.2) is 0 Å². The third-order valence-electron chi connectivity index (χ3n) is 5.39. The number of carbonyl (C=O) groups is 1. The second kappa shape index (κ2) is 10.4. The fourth-order valence-corrected chi connectivity index (χ4v) is 3.87. The second-order valence-corrected chi connectivity index (χ2v) is 8.06. The number of aromatic nitrogens is 1. The van der Waals surface area contributed by atoms with Gasteiger partial charge in [0.1, 0.15) is 6.07 Å². The van der Waals surface area contributed by atoms with Gasteiger partial charge in [0.05, 0.1) is 30.0 Å². The number of nitrogens with one attached hydrogen (secondary N) is 2. The van der Waals surface area contributed by atoms with Crippen LogP contribution >= 0.6 is 11.6 Å². The number of halogens is 1. The van der Waals surface area contributed by atoms with E-state index in [1.807, 2.05) is 30.3 Å². The summed E-state index contributed by atoms with van der Waals surface area (Å²) >= 11 is 6.16. The molecule has 1 aliphatic heterocycles. The topological polar surface area (TPSA) is 90.3 Å². The van der Waals surface area contributed by atoms with Gasteiger partial charge in [0.25, 0.3) is 0 Å². The molecular weight excluding hydrogens is 426 g/mol. The molecule has 1 fully saturated rings. The molecular formula is C24H24ClN5O2. The van der Waals surface area contributed by atoms with E-state index in [-0.39, 0.29) is 5.91 Å². The summed E-state index contributed by atoms with van der Waals surface area (Å²) < 4.78 is 5.34. The lowest BCUT2D eigenvalue weighted by molar-refractivity contribution is -0.116. The first-order valence-electron chi connectivity index (χ1n) is 10.5. The molecule has 0 spiro atoms. The molecule has 1 aliphatic rings. The number of nitriles is 1. The molecule has 164 valence electrons. The van der Waals surface area contributed by atoms with Gasteiger partial charge < -0.3 is 15.4 Å². The van der Waals surface area contributed by atoms with Crippen molar-refractivity contribution in [3.8, 4) is 6.07 Å². The molecule has 1 aromatic heterocycles. The van der Waals surface area contributed by atoms with Crippen LogP contribution < -0.4 is 10.6 Å². The molecule has 0 aliphatic carbocycles. The molecule has 2 N–H and O–H groups in total. The Bertz CT molecular complexity index is 1150. The summed E-state index contributed by atoms with van der Waals surface area (Å²) in [5.74, 6) is -0.0110. The van der Waals surface area contributed by atoms with Crippen molar-refractivity contribution in [1.29, 1.82) is 5.26 Å². The van der Waals surface area contributed by atoms with Crippen molar-refractivity contribution >= 4 is 39.8 Å². The highest BCUT2D eigenvalue weighted by Crippen LogP contribution is 2.28. The summed E-state index contributed by atoms with van der Waals surface area (Å²) in [4.78, 5) is 18.9. The Balaban J connectivity index is 1.41. The third-order valence-corrected chi connectivity index (χ3v) is 5.62. The third kappa shape index (κ3) is 5.54. The van der Waals surface area contributed by atoms with Crippen molar-refractivity contribution in [3.63, 3.8) is 0 Å². The van der Waals surface area contributed by atoms with E-state index in [1.54, 1.807) is 18.3 Å². The van der Waals surface area contributed by atoms with E-state index in [4.69, 9.17) is 16.3 Å². The number of morpholine rings is 1. The molecule has 2 heterocycles. The Morgan fingerprint density at radius 1 is 1.22 bits per heavy atom. The summed E-state index contributed by atoms with van der Waals surface area (Å²) in [5.41, 5.74) is 3.63. The number of pyridine rings is 1. The molecule has 7 nitrogen and oxygen atoms in total. The standard InChI is InChI=1S/C24H24ClN5O2/c25-19-4-5-22-21(13-19)24(18(14-26)16-27-22)28-15-17-2-1-3-20(12-17)29-23(31)6-7-30-8-10-32-11-9-30/h1-5,12-13,16H,6-11,15H2,(H,27,28)(H,29,31). The lowest BCUT2D eigenvalue weighted by Gasteiger charge is -2.26. The molecule has 1 saturated heterocycles. The molecule has 0 unspecified atom stereocenters. The fourth-order valence-electron chi connectivity index (χ4n) is 3.70. The highest BCUT2D eigenvalue weighted by molar-refractivity contribution is 6.31. The van der Waals surface area contributed by atoms with Crippen molar-refractivity contribution in [3.05, 3.63) is 64.8 Å². The van der Waals surface area contributed by atoms with Crippen LogP contribution in [0.3, 0.4) is 0 Å². The minimum Gasteiger partial charge on any atom is -0.379 e. The van der Waals surface area contributed by atoms with E-state index in [9.17, 15) is 10.1 Å². The number of rotatable bonds is 7. The molecule has 8 heteroatoms. The van der Waals surface area contributed by atoms with Crippen molar-refractivity contribution in [2.24, 2.45) is 0 Å². The molecule has 0 atom stereocenters. The molecule has 0 bridgehead atoms. The maximum absolute atomic E-state index is 12.4. The number of amides is 1. The Hall–Kier alpha value is -3.18. The van der Waals surface area contributed by atoms with Crippen LogP contribution in [0.4, 0.5) is 11.4 Å². The minimum absolute atomic E-state index is 0.0110. The Morgan fingerprint density at radius 3 is 2.88 bits per heavy atom. The zero-order valence-corrected chi connectivity index (χ0v) is 18.4. The first kappa shape index (κ1) is 22.0. The highest BCUT2D eigenvalue weighted by Gasteiger charge is 2.13. The number of carbonyl (C=O) groups excluding carboxylic acids is 1. The predicted molar refractivity (Wildman–Crippen MR) is 126 cm³/mol. The van der Waals surface area contributed by atoms with Gasteiger partial charge in [0.15, 0.2) is 0 Å². The predicted octanol–water partition coefficient (Wildman–Crippen LogP) is 4.03. The van der Waals surface area contributed by atoms with Crippen LogP contribution in [-0.2, 0) is 16.1 Å². The molecule has 0 radical (unpaired) electrons. The quantitative estimate of drug-likeness (QED) is 0.566. The maximum Gasteiger partial charge on any atom is 0.225 e. The number of nitrogens with zero attached hydrogens (tertiary/aromatic N) is 3. The monoisotopic (exact) mass is 449 g/mol. The van der Waals surface area contributed by atoms with E-state index in [2.05, 4.69) is 26.6 Å². The van der Waals surface area contributed by atoms with Crippen molar-refractivity contribution in [2.75, 3.05) is 43.5 Å². The van der Waals surface area contributed by atoms with Crippen LogP contribution in [0.15, 0.2) is 48.7 Å². The van der Waals surface area contributed by atoms with E-state index in [0.717, 1.165) is 55.0 Å². The van der Waals surface area contributed by atoms with Crippen LogP contribution in [-0.4, -0.2) is 48.6 Å². The zero-order valence-electron chi connectivity index (χ0n) is 17.6. The number of hydrogen-bond acceptors (Lipinski definition) is 6. The van der Waals surface area contributed by atoms with E-state index in [0.29, 0.717) is 29.2 Å². The molecule has 2 aromatic carbocycles. The van der Waals surface area contributed by atoms with Crippen LogP contribution in [0.2, 0.25) is 5.02 Å². The van der Waals surface area contributed by atoms with Crippen LogP contribution in [0.1, 0.15) is 17.5 Å². The fraction of sp³-hybridized carbons (Fsp3) is 0.292. The van der Waals surface area contributed by atoms with Crippen molar-refractivity contribution < 1.29 is 9.53 Å². The van der Waals surface area contributed by atoms with Crippen LogP contribution in [0.5, 0.6) is 0 Å². The molecule has 4 rings (SSSR count). The lowest BCUT2D eigenvalue weighted by atomic mass is 10.1. The number of hydrogen-bond donors (Lipinski definition) is 2. The first-order chi connectivity index (χ1) is 15.6. The smallest absolute Gasteiger partial charge is 0.225 e. The van der Waals surface area contributed by atoms with Gasteiger partial charge in [-0.05, 0) is 35.9 Å². The summed E-state index contributed by atoms with van der Waals surface area (Å²) in [5, 5.41) is 17.2. The average Bonchev–Trinajstić information content (AvgIpc) is 2.82.